The number of anilines is 2. The molecule has 9 heteroatoms. The van der Waals surface area contributed by atoms with E-state index in [1.165, 1.54) is 12.4 Å². The highest BCUT2D eigenvalue weighted by molar-refractivity contribution is 5.91. The number of nitrogens with two attached hydrogens (primary N) is 2. The molecule has 1 fully saturated rings. The fourth-order valence-electron chi connectivity index (χ4n) is 5.61. The minimum atomic E-state index is -0.938. The van der Waals surface area contributed by atoms with Crippen molar-refractivity contribution in [2.24, 2.45) is 5.92 Å². The number of fused-ring (bicyclic) bond motifs is 4. The third-order valence-electron chi connectivity index (χ3n) is 7.25. The van der Waals surface area contributed by atoms with Crippen LogP contribution in [0, 0.1) is 11.7 Å². The number of halogens is 1. The second-order valence-corrected chi connectivity index (χ2v) is 9.22. The van der Waals surface area contributed by atoms with Crippen LogP contribution in [0.15, 0.2) is 36.7 Å². The van der Waals surface area contributed by atoms with Gasteiger partial charge in [-0.1, -0.05) is 24.3 Å². The topological polar surface area (TPSA) is 136 Å². The van der Waals surface area contributed by atoms with Crippen molar-refractivity contribution in [3.63, 3.8) is 0 Å². The van der Waals surface area contributed by atoms with Crippen LogP contribution in [-0.2, 0) is 12.8 Å². The monoisotopic (exact) mass is 460 g/mol. The van der Waals surface area contributed by atoms with Crippen molar-refractivity contribution in [3.8, 4) is 0 Å². The number of aryl methyl sites for hydroxylation is 1. The van der Waals surface area contributed by atoms with Crippen LogP contribution in [0.2, 0.25) is 0 Å². The normalized spacial score (nSPS) is 24.6. The van der Waals surface area contributed by atoms with Gasteiger partial charge >= 0.3 is 0 Å². The summed E-state index contributed by atoms with van der Waals surface area (Å²) in [6, 6.07) is 6.51. The third-order valence-corrected chi connectivity index (χ3v) is 7.25. The fourth-order valence-corrected chi connectivity index (χ4v) is 5.61. The van der Waals surface area contributed by atoms with Gasteiger partial charge in [-0.3, -0.25) is 0 Å². The van der Waals surface area contributed by atoms with Gasteiger partial charge in [0.05, 0.1) is 23.0 Å². The van der Waals surface area contributed by atoms with Crippen molar-refractivity contribution in [2.75, 3.05) is 11.5 Å². The van der Waals surface area contributed by atoms with Crippen molar-refractivity contribution < 1.29 is 14.6 Å². The Morgan fingerprint density at radius 2 is 1.91 bits per heavy atom. The van der Waals surface area contributed by atoms with E-state index in [4.69, 9.17) is 11.5 Å². The first-order valence-corrected chi connectivity index (χ1v) is 11.4. The summed E-state index contributed by atoms with van der Waals surface area (Å²) >= 11 is 0. The van der Waals surface area contributed by atoms with E-state index in [-0.39, 0.29) is 17.8 Å². The molecule has 6 rings (SSSR count). The Hall–Kier alpha value is -3.56. The van der Waals surface area contributed by atoms with E-state index in [2.05, 4.69) is 19.5 Å². The average Bonchev–Trinajstić information content (AvgIpc) is 3.48. The van der Waals surface area contributed by atoms with Crippen LogP contribution in [0.1, 0.15) is 35.7 Å². The molecular weight excluding hydrogens is 435 g/mol. The molecule has 6 N–H and O–H groups in total. The van der Waals surface area contributed by atoms with Crippen LogP contribution in [-0.4, -0.2) is 41.9 Å². The van der Waals surface area contributed by atoms with Gasteiger partial charge in [0.1, 0.15) is 23.9 Å². The second-order valence-electron chi connectivity index (χ2n) is 9.22. The summed E-state index contributed by atoms with van der Waals surface area (Å²) in [6.45, 7) is 0. The minimum Gasteiger partial charge on any atom is -0.390 e. The first kappa shape index (κ1) is 21.0. The van der Waals surface area contributed by atoms with Gasteiger partial charge in [-0.05, 0) is 48.9 Å². The zero-order chi connectivity index (χ0) is 23.6. The number of aromatic nitrogens is 4. The number of aliphatic hydroxyl groups is 2. The van der Waals surface area contributed by atoms with Crippen LogP contribution in [0.4, 0.5) is 16.0 Å². The maximum atomic E-state index is 13.7. The molecule has 2 aliphatic carbocycles. The molecular formula is C25H25FN6O2. The summed E-state index contributed by atoms with van der Waals surface area (Å²) in [4.78, 5) is 12.8. The van der Waals surface area contributed by atoms with Crippen molar-refractivity contribution in [3.05, 3.63) is 59.3 Å². The molecule has 34 heavy (non-hydrogen) atoms. The number of aliphatic hydroxyl groups excluding tert-OH is 2. The van der Waals surface area contributed by atoms with Crippen molar-refractivity contribution in [1.29, 1.82) is 0 Å². The van der Waals surface area contributed by atoms with Crippen molar-refractivity contribution in [1.82, 2.24) is 19.5 Å². The van der Waals surface area contributed by atoms with E-state index in [0.29, 0.717) is 23.1 Å². The molecule has 3 heterocycles. The second kappa shape index (κ2) is 7.75. The molecule has 0 saturated heterocycles. The lowest BCUT2D eigenvalue weighted by Crippen LogP contribution is -2.29. The number of nitrogens with zero attached hydrogens (tertiary/aromatic N) is 4. The Labute approximate surface area is 194 Å². The van der Waals surface area contributed by atoms with Gasteiger partial charge < -0.3 is 26.2 Å². The standard InChI is InChI=1S/C25H25FN6O2/c26-16-9-13-6-4-12(8-17(13)31-23(16)27)5-7-14-10-19(22(34)21(14)33)32-18-3-1-2-15(18)20-24(28)29-11-30-25(20)32/h4-9,11,14,19,21-22,33-34H,1-3,10H2,(H2,27,31)(H2,28,29,30)/b7-5+/t14-,19+,21+,22-/m0/s1. The molecule has 0 unspecified atom stereocenters. The Balaban J connectivity index is 1.32. The zero-order valence-corrected chi connectivity index (χ0v) is 18.4. The highest BCUT2D eigenvalue weighted by Crippen LogP contribution is 2.43. The van der Waals surface area contributed by atoms with E-state index in [1.54, 1.807) is 6.07 Å². The number of benzene rings is 1. The first-order valence-electron chi connectivity index (χ1n) is 11.4. The lowest BCUT2D eigenvalue weighted by Gasteiger charge is -2.21. The Morgan fingerprint density at radius 1 is 1.06 bits per heavy atom. The molecule has 3 aromatic heterocycles. The molecule has 0 spiro atoms. The molecule has 0 amide bonds. The molecule has 8 nitrogen and oxygen atoms in total. The Bertz CT molecular complexity index is 1470. The van der Waals surface area contributed by atoms with Crippen LogP contribution in [0.25, 0.3) is 28.0 Å². The minimum absolute atomic E-state index is 0.137. The van der Waals surface area contributed by atoms with E-state index in [0.717, 1.165) is 47.1 Å². The quantitative estimate of drug-likeness (QED) is 0.369. The van der Waals surface area contributed by atoms with E-state index in [9.17, 15) is 14.6 Å². The number of rotatable bonds is 3. The lowest BCUT2D eigenvalue weighted by molar-refractivity contribution is 0.0136. The van der Waals surface area contributed by atoms with Gasteiger partial charge in [-0.25, -0.2) is 19.3 Å². The lowest BCUT2D eigenvalue weighted by atomic mass is 10.0. The predicted octanol–water partition coefficient (Wildman–Crippen LogP) is 2.77. The van der Waals surface area contributed by atoms with Gasteiger partial charge in [0.15, 0.2) is 11.6 Å². The van der Waals surface area contributed by atoms with Crippen LogP contribution in [0.5, 0.6) is 0 Å². The SMILES string of the molecule is Nc1nc2cc(/C=C/[C@H]3C[C@@H](n4c5c(c6c(N)ncnc64)CCC5)[C@H](O)[C@@H]3O)ccc2cc1F. The van der Waals surface area contributed by atoms with Gasteiger partial charge in [0.2, 0.25) is 0 Å². The maximum Gasteiger partial charge on any atom is 0.165 e. The van der Waals surface area contributed by atoms with E-state index < -0.39 is 18.0 Å². The number of pyridine rings is 1. The third kappa shape index (κ3) is 3.15. The summed E-state index contributed by atoms with van der Waals surface area (Å²) in [7, 11) is 0. The summed E-state index contributed by atoms with van der Waals surface area (Å²) < 4.78 is 15.7. The number of hydrogen-bond acceptors (Lipinski definition) is 7. The highest BCUT2D eigenvalue weighted by atomic mass is 19.1. The Morgan fingerprint density at radius 3 is 2.76 bits per heavy atom. The van der Waals surface area contributed by atoms with Gasteiger partial charge in [0, 0.05) is 17.0 Å². The molecule has 0 aliphatic heterocycles. The summed E-state index contributed by atoms with van der Waals surface area (Å²) in [5, 5.41) is 23.4. The molecule has 4 atom stereocenters. The van der Waals surface area contributed by atoms with E-state index >= 15 is 0 Å². The molecule has 174 valence electrons. The summed E-state index contributed by atoms with van der Waals surface area (Å²) in [5.41, 5.74) is 16.3. The smallest absolute Gasteiger partial charge is 0.165 e. The molecule has 1 saturated carbocycles. The van der Waals surface area contributed by atoms with Gasteiger partial charge in [-0.2, -0.15) is 0 Å². The molecule has 2 aliphatic rings. The van der Waals surface area contributed by atoms with Gasteiger partial charge in [-0.15, -0.1) is 0 Å². The van der Waals surface area contributed by atoms with Crippen LogP contribution >= 0.6 is 0 Å². The maximum absolute atomic E-state index is 13.7. The molecule has 4 aromatic rings. The largest absolute Gasteiger partial charge is 0.390 e. The predicted molar refractivity (Wildman–Crippen MR) is 128 cm³/mol. The molecule has 0 bridgehead atoms. The summed E-state index contributed by atoms with van der Waals surface area (Å²) in [5.74, 6) is -0.477. The summed E-state index contributed by atoms with van der Waals surface area (Å²) in [6.07, 6.45) is 6.78. The fraction of sp³-hybridized carbons (Fsp3) is 0.320. The Kier molecular flexibility index (Phi) is 4.79. The van der Waals surface area contributed by atoms with Crippen LogP contribution in [0.3, 0.4) is 0 Å². The van der Waals surface area contributed by atoms with Gasteiger partial charge in [0.25, 0.3) is 0 Å². The van der Waals surface area contributed by atoms with E-state index in [1.807, 2.05) is 24.3 Å². The first-order chi connectivity index (χ1) is 16.4. The zero-order valence-electron chi connectivity index (χ0n) is 18.4. The molecule has 0 radical (unpaired) electrons. The highest BCUT2D eigenvalue weighted by Gasteiger charge is 2.43. The van der Waals surface area contributed by atoms with Crippen molar-refractivity contribution in [2.45, 2.75) is 43.9 Å². The number of nitrogen functional groups attached to an aromatic ring is 2. The average molecular weight is 461 g/mol. The van der Waals surface area contributed by atoms with Crippen molar-refractivity contribution >= 4 is 39.6 Å². The number of hydrogen-bond donors (Lipinski definition) is 4. The molecule has 1 aromatic carbocycles. The van der Waals surface area contributed by atoms with Crippen LogP contribution < -0.4 is 11.5 Å².